The van der Waals surface area contributed by atoms with Crippen LogP contribution >= 0.6 is 23.5 Å². The number of thioether (sulfide) groups is 2. The van der Waals surface area contributed by atoms with Gasteiger partial charge in [0.25, 0.3) is 0 Å². The van der Waals surface area contributed by atoms with Gasteiger partial charge in [-0.3, -0.25) is 4.79 Å². The van der Waals surface area contributed by atoms with Crippen LogP contribution < -0.4 is 5.32 Å². The van der Waals surface area contributed by atoms with Crippen molar-refractivity contribution >= 4 is 29.4 Å². The lowest BCUT2D eigenvalue weighted by Gasteiger charge is -2.24. The zero-order chi connectivity index (χ0) is 41.5. The highest BCUT2D eigenvalue weighted by molar-refractivity contribution is 8.00. The molecule has 1 saturated carbocycles. The van der Waals surface area contributed by atoms with Crippen molar-refractivity contribution in [1.29, 1.82) is 0 Å². The van der Waals surface area contributed by atoms with Gasteiger partial charge in [-0.2, -0.15) is 11.8 Å². The number of nitrogens with one attached hydrogen (secondary N) is 1. The molecule has 3 rings (SSSR count). The van der Waals surface area contributed by atoms with Crippen LogP contribution in [0.25, 0.3) is 0 Å². The lowest BCUT2D eigenvalue weighted by atomic mass is 9.82. The SMILES string of the molecule is CC(=O)NCSC(C)(C)C.CC(C)C1CCCCC1.CC(C)OCc1ccccc1.CCC(C)C.COC(C)C.Cc1ccc(CSC(C)(C)C)cc1. The first-order valence-corrected chi connectivity index (χ1v) is 22.3. The molecule has 1 N–H and O–H groups in total. The molecule has 0 bridgehead atoms. The second kappa shape index (κ2) is 33.8. The highest BCUT2D eigenvalue weighted by atomic mass is 32.2. The van der Waals surface area contributed by atoms with E-state index in [9.17, 15) is 4.79 Å². The second-order valence-electron chi connectivity index (χ2n) is 17.1. The van der Waals surface area contributed by atoms with E-state index in [0.717, 1.165) is 30.1 Å². The van der Waals surface area contributed by atoms with Crippen molar-refractivity contribution in [2.24, 2.45) is 17.8 Å². The minimum absolute atomic E-state index is 0.0387. The zero-order valence-electron chi connectivity index (χ0n) is 38.0. The molecule has 2 aromatic carbocycles. The predicted octanol–water partition coefficient (Wildman–Crippen LogP) is 14.6. The van der Waals surface area contributed by atoms with Crippen molar-refractivity contribution < 1.29 is 14.3 Å². The van der Waals surface area contributed by atoms with Crippen LogP contribution in [0.15, 0.2) is 54.6 Å². The molecule has 1 fully saturated rings. The molecule has 6 heteroatoms. The molecule has 0 atom stereocenters. The van der Waals surface area contributed by atoms with Gasteiger partial charge in [0.1, 0.15) is 0 Å². The summed E-state index contributed by atoms with van der Waals surface area (Å²) in [6.45, 7) is 37.0. The van der Waals surface area contributed by atoms with E-state index in [1.54, 1.807) is 18.9 Å². The molecule has 1 aliphatic carbocycles. The summed E-state index contributed by atoms with van der Waals surface area (Å²) in [6, 6.07) is 19.0. The number of carbonyl (C=O) groups is 1. The molecule has 53 heavy (non-hydrogen) atoms. The van der Waals surface area contributed by atoms with Gasteiger partial charge >= 0.3 is 0 Å². The minimum atomic E-state index is 0.0387. The normalized spacial score (nSPS) is 12.9. The first-order chi connectivity index (χ1) is 24.5. The number of methoxy groups -OCH3 is 1. The molecule has 4 nitrogen and oxygen atoms in total. The lowest BCUT2D eigenvalue weighted by Crippen LogP contribution is -2.22. The van der Waals surface area contributed by atoms with E-state index in [4.69, 9.17) is 9.47 Å². The Morgan fingerprint density at radius 2 is 1.23 bits per heavy atom. The van der Waals surface area contributed by atoms with E-state index < -0.39 is 0 Å². The number of carbonyl (C=O) groups excluding carboxylic acids is 1. The molecule has 0 radical (unpaired) electrons. The van der Waals surface area contributed by atoms with Crippen molar-refractivity contribution in [2.45, 2.75) is 190 Å². The van der Waals surface area contributed by atoms with Crippen molar-refractivity contribution in [3.05, 3.63) is 71.3 Å². The molecule has 1 aliphatic rings. The Morgan fingerprint density at radius 3 is 1.57 bits per heavy atom. The molecule has 0 spiro atoms. The fourth-order valence-corrected chi connectivity index (χ4v) is 5.48. The lowest BCUT2D eigenvalue weighted by molar-refractivity contribution is -0.118. The molecule has 0 saturated heterocycles. The summed E-state index contributed by atoms with van der Waals surface area (Å²) in [6.07, 6.45) is 9.47. The first kappa shape index (κ1) is 55.9. The number of aryl methyl sites for hydroxylation is 1. The maximum absolute atomic E-state index is 10.4. The Balaban J connectivity index is -0.000000584. The second-order valence-corrected chi connectivity index (χ2v) is 20.7. The fraction of sp³-hybridized carbons (Fsp3) is 0.723. The molecule has 0 unspecified atom stereocenters. The van der Waals surface area contributed by atoms with Crippen LogP contribution in [-0.2, 0) is 26.6 Å². The van der Waals surface area contributed by atoms with Crippen LogP contribution in [0.4, 0.5) is 0 Å². The topological polar surface area (TPSA) is 47.6 Å². The highest BCUT2D eigenvalue weighted by Crippen LogP contribution is 2.29. The van der Waals surface area contributed by atoms with E-state index in [0.29, 0.717) is 22.8 Å². The van der Waals surface area contributed by atoms with Crippen LogP contribution in [0.3, 0.4) is 0 Å². The third kappa shape index (κ3) is 46.6. The Kier molecular flexibility index (Phi) is 35.7. The summed E-state index contributed by atoms with van der Waals surface area (Å²) in [5.41, 5.74) is 4.00. The van der Waals surface area contributed by atoms with E-state index in [2.05, 4.69) is 125 Å². The predicted molar refractivity (Wildman–Crippen MR) is 243 cm³/mol. The molecule has 310 valence electrons. The maximum Gasteiger partial charge on any atom is 0.217 e. The van der Waals surface area contributed by atoms with Gasteiger partial charge in [-0.05, 0) is 63.5 Å². The van der Waals surface area contributed by atoms with E-state index in [1.807, 2.05) is 57.7 Å². The number of hydrogen-bond acceptors (Lipinski definition) is 5. The van der Waals surface area contributed by atoms with Gasteiger partial charge in [-0.25, -0.2) is 0 Å². The smallest absolute Gasteiger partial charge is 0.217 e. The Labute approximate surface area is 339 Å². The fourth-order valence-electron chi connectivity index (χ4n) is 3.98. The highest BCUT2D eigenvalue weighted by Gasteiger charge is 2.15. The van der Waals surface area contributed by atoms with Crippen LogP contribution in [0.2, 0.25) is 0 Å². The summed E-state index contributed by atoms with van der Waals surface area (Å²) >= 11 is 3.72. The summed E-state index contributed by atoms with van der Waals surface area (Å²) in [4.78, 5) is 10.4. The molecule has 0 heterocycles. The van der Waals surface area contributed by atoms with E-state index in [1.165, 1.54) is 62.1 Å². The quantitative estimate of drug-likeness (QED) is 0.244. The van der Waals surface area contributed by atoms with Gasteiger partial charge < -0.3 is 14.8 Å². The minimum Gasteiger partial charge on any atom is -0.382 e. The number of benzene rings is 2. The molecular weight excluding hydrogens is 691 g/mol. The van der Waals surface area contributed by atoms with Crippen molar-refractivity contribution in [3.8, 4) is 0 Å². The Bertz CT molecular complexity index is 1060. The van der Waals surface area contributed by atoms with E-state index >= 15 is 0 Å². The maximum atomic E-state index is 10.4. The first-order valence-electron chi connectivity index (χ1n) is 20.3. The number of hydrogen-bond donors (Lipinski definition) is 1. The molecule has 0 aromatic heterocycles. The van der Waals surface area contributed by atoms with Crippen LogP contribution in [0, 0.1) is 24.7 Å². The summed E-state index contributed by atoms with van der Waals surface area (Å²) in [5.74, 6) is 4.73. The Morgan fingerprint density at radius 1 is 0.755 bits per heavy atom. The number of rotatable bonds is 10. The van der Waals surface area contributed by atoms with Gasteiger partial charge in [0.05, 0.1) is 24.7 Å². The third-order valence-electron chi connectivity index (χ3n) is 7.93. The van der Waals surface area contributed by atoms with Gasteiger partial charge in [-0.15, -0.1) is 11.8 Å². The Hall–Kier alpha value is -1.47. The standard InChI is InChI=1S/C12H18S.C10H14O.C9H18.C7H15NOS.C5H12.C4H10O/c1-10-5-7-11(8-6-10)9-13-12(2,3)4;1-9(2)11-8-10-6-4-3-5-7-10;1-8(2)9-6-4-3-5-7-9;1-6(9)8-5-10-7(2,3)4;1-4-5(2)3;1-4(2)5-3/h5-8H,9H2,1-4H3;3-7,9H,8H2,1-2H3;8-9H,3-7H2,1-2H3;5H2,1-4H3,(H,8,9);5H,4H2,1-3H3;4H,1-3H3. The molecule has 1 amide bonds. The summed E-state index contributed by atoms with van der Waals surface area (Å²) < 4.78 is 10.8. The van der Waals surface area contributed by atoms with Crippen molar-refractivity contribution in [2.75, 3.05) is 13.0 Å². The monoisotopic (exact) mass is 778 g/mol. The zero-order valence-corrected chi connectivity index (χ0v) is 39.6. The van der Waals surface area contributed by atoms with Crippen LogP contribution in [0.1, 0.15) is 166 Å². The van der Waals surface area contributed by atoms with Gasteiger partial charge in [0.2, 0.25) is 5.91 Å². The molecule has 2 aromatic rings. The van der Waals surface area contributed by atoms with Gasteiger partial charge in [0.15, 0.2) is 0 Å². The van der Waals surface area contributed by atoms with Crippen LogP contribution in [-0.4, -0.2) is 40.6 Å². The average molecular weight is 778 g/mol. The number of ether oxygens (including phenoxy) is 2. The van der Waals surface area contributed by atoms with E-state index in [-0.39, 0.29) is 10.7 Å². The molecule has 0 aliphatic heterocycles. The summed E-state index contributed by atoms with van der Waals surface area (Å²) in [7, 11) is 1.70. The summed E-state index contributed by atoms with van der Waals surface area (Å²) in [5, 5.41) is 2.73. The third-order valence-corrected chi connectivity index (χ3v) is 10.4. The van der Waals surface area contributed by atoms with Crippen molar-refractivity contribution in [3.63, 3.8) is 0 Å². The largest absolute Gasteiger partial charge is 0.382 e. The van der Waals surface area contributed by atoms with Crippen LogP contribution in [0.5, 0.6) is 0 Å². The average Bonchev–Trinajstić information content (AvgIpc) is 3.08. The van der Waals surface area contributed by atoms with Crippen molar-refractivity contribution in [1.82, 2.24) is 5.32 Å². The van der Waals surface area contributed by atoms with Gasteiger partial charge in [-0.1, -0.05) is 175 Å². The molecular formula is C47H87NO3S2. The number of amides is 1. The van der Waals surface area contributed by atoms with Gasteiger partial charge in [0, 0.05) is 29.3 Å².